The fourth-order valence-corrected chi connectivity index (χ4v) is 2.95. The normalized spacial score (nSPS) is 10.2. The number of thiazole rings is 1. The second-order valence-electron chi connectivity index (χ2n) is 2.70. The SMILES string of the molecule is O=Cc1ccc(Sc2nccs2)cc1Cl. The Balaban J connectivity index is 2.23. The summed E-state index contributed by atoms with van der Waals surface area (Å²) < 4.78 is 0.963. The van der Waals surface area contributed by atoms with Crippen LogP contribution in [0.15, 0.2) is 39.0 Å². The molecule has 2 aromatic rings. The molecule has 0 aliphatic carbocycles. The monoisotopic (exact) mass is 255 g/mol. The highest BCUT2D eigenvalue weighted by atomic mass is 35.5. The van der Waals surface area contributed by atoms with Crippen LogP contribution in [0, 0.1) is 0 Å². The third-order valence-electron chi connectivity index (χ3n) is 1.71. The van der Waals surface area contributed by atoms with Gasteiger partial charge in [0, 0.05) is 22.0 Å². The van der Waals surface area contributed by atoms with Crippen molar-refractivity contribution in [2.75, 3.05) is 0 Å². The van der Waals surface area contributed by atoms with Crippen LogP contribution in [0.2, 0.25) is 5.02 Å². The molecule has 0 unspecified atom stereocenters. The van der Waals surface area contributed by atoms with Crippen molar-refractivity contribution >= 4 is 41.0 Å². The van der Waals surface area contributed by atoms with E-state index >= 15 is 0 Å². The Labute approximate surface area is 100 Å². The van der Waals surface area contributed by atoms with Crippen LogP contribution in [-0.4, -0.2) is 11.3 Å². The summed E-state index contributed by atoms with van der Waals surface area (Å²) in [5, 5.41) is 2.40. The first-order chi connectivity index (χ1) is 7.29. The Morgan fingerprint density at radius 2 is 2.33 bits per heavy atom. The minimum absolute atomic E-state index is 0.478. The van der Waals surface area contributed by atoms with E-state index in [1.54, 1.807) is 29.7 Å². The Bertz CT molecular complexity index is 470. The molecule has 5 heteroatoms. The number of halogens is 1. The molecule has 1 aromatic heterocycles. The predicted molar refractivity (Wildman–Crippen MR) is 63.1 cm³/mol. The van der Waals surface area contributed by atoms with Gasteiger partial charge in [0.05, 0.1) is 5.02 Å². The van der Waals surface area contributed by atoms with Crippen LogP contribution in [0.25, 0.3) is 0 Å². The zero-order valence-electron chi connectivity index (χ0n) is 7.51. The molecule has 0 amide bonds. The molecule has 0 saturated heterocycles. The molecular weight excluding hydrogens is 250 g/mol. The minimum Gasteiger partial charge on any atom is -0.298 e. The van der Waals surface area contributed by atoms with Crippen LogP contribution in [0.4, 0.5) is 0 Å². The number of aromatic nitrogens is 1. The van der Waals surface area contributed by atoms with Crippen molar-refractivity contribution in [2.24, 2.45) is 0 Å². The van der Waals surface area contributed by atoms with Crippen molar-refractivity contribution in [3.05, 3.63) is 40.4 Å². The van der Waals surface area contributed by atoms with Gasteiger partial charge in [-0.15, -0.1) is 11.3 Å². The first-order valence-electron chi connectivity index (χ1n) is 4.11. The molecule has 0 aliphatic heterocycles. The number of nitrogens with zero attached hydrogens (tertiary/aromatic N) is 1. The minimum atomic E-state index is 0.478. The van der Waals surface area contributed by atoms with Gasteiger partial charge in [0.2, 0.25) is 0 Å². The number of hydrogen-bond acceptors (Lipinski definition) is 4. The maximum absolute atomic E-state index is 10.6. The lowest BCUT2D eigenvalue weighted by molar-refractivity contribution is 0.112. The lowest BCUT2D eigenvalue weighted by Gasteiger charge is -2.00. The number of aldehydes is 1. The zero-order valence-corrected chi connectivity index (χ0v) is 9.90. The summed E-state index contributed by atoms with van der Waals surface area (Å²) >= 11 is 9.02. The number of benzene rings is 1. The van der Waals surface area contributed by atoms with Crippen LogP contribution >= 0.6 is 34.7 Å². The molecule has 1 aromatic carbocycles. The summed E-state index contributed by atoms with van der Waals surface area (Å²) in [5.74, 6) is 0. The van der Waals surface area contributed by atoms with E-state index in [-0.39, 0.29) is 0 Å². The maximum atomic E-state index is 10.6. The summed E-state index contributed by atoms with van der Waals surface area (Å²) in [4.78, 5) is 15.7. The van der Waals surface area contributed by atoms with Crippen LogP contribution < -0.4 is 0 Å². The molecule has 15 heavy (non-hydrogen) atoms. The van der Waals surface area contributed by atoms with Crippen molar-refractivity contribution < 1.29 is 4.79 Å². The van der Waals surface area contributed by atoms with Crippen molar-refractivity contribution in [3.8, 4) is 0 Å². The Hall–Kier alpha value is -0.840. The van der Waals surface area contributed by atoms with Gasteiger partial charge in [0.15, 0.2) is 10.6 Å². The molecule has 76 valence electrons. The molecule has 2 nitrogen and oxygen atoms in total. The average molecular weight is 256 g/mol. The summed E-state index contributed by atoms with van der Waals surface area (Å²) in [6.45, 7) is 0. The molecule has 2 rings (SSSR count). The number of carbonyl (C=O) groups is 1. The van der Waals surface area contributed by atoms with Gasteiger partial charge in [-0.1, -0.05) is 23.4 Å². The lowest BCUT2D eigenvalue weighted by Crippen LogP contribution is -1.81. The number of hydrogen-bond donors (Lipinski definition) is 0. The van der Waals surface area contributed by atoms with E-state index in [0.717, 1.165) is 15.5 Å². The smallest absolute Gasteiger partial charge is 0.154 e. The summed E-state index contributed by atoms with van der Waals surface area (Å²) in [7, 11) is 0. The van der Waals surface area contributed by atoms with Gasteiger partial charge in [-0.25, -0.2) is 4.98 Å². The lowest BCUT2D eigenvalue weighted by atomic mass is 10.2. The molecule has 0 fully saturated rings. The van der Waals surface area contributed by atoms with Gasteiger partial charge >= 0.3 is 0 Å². The second kappa shape index (κ2) is 4.79. The molecule has 0 atom stereocenters. The fourth-order valence-electron chi connectivity index (χ4n) is 1.03. The van der Waals surface area contributed by atoms with Gasteiger partial charge in [-0.2, -0.15) is 0 Å². The molecule has 0 N–H and O–H groups in total. The van der Waals surface area contributed by atoms with Crippen LogP contribution in [0.5, 0.6) is 0 Å². The van der Waals surface area contributed by atoms with Gasteiger partial charge in [0.25, 0.3) is 0 Å². The van der Waals surface area contributed by atoms with E-state index in [1.165, 1.54) is 11.8 Å². The second-order valence-corrected chi connectivity index (χ2v) is 5.32. The summed E-state index contributed by atoms with van der Waals surface area (Å²) in [5.41, 5.74) is 0.514. The average Bonchev–Trinajstić information content (AvgIpc) is 2.71. The first-order valence-corrected chi connectivity index (χ1v) is 6.19. The predicted octanol–water partition coefficient (Wildman–Crippen LogP) is 3.76. The van der Waals surface area contributed by atoms with Crippen molar-refractivity contribution in [1.29, 1.82) is 0 Å². The van der Waals surface area contributed by atoms with Crippen molar-refractivity contribution in [1.82, 2.24) is 4.98 Å². The van der Waals surface area contributed by atoms with Crippen LogP contribution in [-0.2, 0) is 0 Å². The van der Waals surface area contributed by atoms with E-state index in [2.05, 4.69) is 4.98 Å². The maximum Gasteiger partial charge on any atom is 0.154 e. The molecule has 0 spiro atoms. The topological polar surface area (TPSA) is 30.0 Å². The van der Waals surface area contributed by atoms with E-state index in [9.17, 15) is 4.79 Å². The number of carbonyl (C=O) groups excluding carboxylic acids is 1. The molecular formula is C10H6ClNOS2. The summed E-state index contributed by atoms with van der Waals surface area (Å²) in [6, 6.07) is 5.35. The van der Waals surface area contributed by atoms with E-state index < -0.39 is 0 Å². The van der Waals surface area contributed by atoms with Crippen molar-refractivity contribution in [2.45, 2.75) is 9.24 Å². The quantitative estimate of drug-likeness (QED) is 0.783. The van der Waals surface area contributed by atoms with E-state index in [1.807, 2.05) is 11.4 Å². The van der Waals surface area contributed by atoms with Crippen LogP contribution in [0.3, 0.4) is 0 Å². The highest BCUT2D eigenvalue weighted by Crippen LogP contribution is 2.31. The Morgan fingerprint density at radius 3 is 2.93 bits per heavy atom. The van der Waals surface area contributed by atoms with Gasteiger partial charge in [-0.05, 0) is 18.2 Å². The highest BCUT2D eigenvalue weighted by Gasteiger charge is 2.03. The fraction of sp³-hybridized carbons (Fsp3) is 0. The molecule has 1 heterocycles. The zero-order chi connectivity index (χ0) is 10.7. The van der Waals surface area contributed by atoms with E-state index in [4.69, 9.17) is 11.6 Å². The molecule has 0 saturated carbocycles. The standard InChI is InChI=1S/C10H6ClNOS2/c11-9-5-8(2-1-7(9)6-13)15-10-12-3-4-14-10/h1-6H. The van der Waals surface area contributed by atoms with Gasteiger partial charge in [0.1, 0.15) is 0 Å². The van der Waals surface area contributed by atoms with Gasteiger partial charge in [-0.3, -0.25) is 4.79 Å². The van der Waals surface area contributed by atoms with Crippen LogP contribution in [0.1, 0.15) is 10.4 Å². The largest absolute Gasteiger partial charge is 0.298 e. The molecule has 0 radical (unpaired) electrons. The molecule has 0 aliphatic rings. The molecule has 0 bridgehead atoms. The van der Waals surface area contributed by atoms with Gasteiger partial charge < -0.3 is 0 Å². The first kappa shape index (κ1) is 10.7. The summed E-state index contributed by atoms with van der Waals surface area (Å²) in [6.07, 6.45) is 2.51. The Morgan fingerprint density at radius 1 is 1.47 bits per heavy atom. The Kier molecular flexibility index (Phi) is 3.41. The highest BCUT2D eigenvalue weighted by molar-refractivity contribution is 8.01. The van der Waals surface area contributed by atoms with Crippen molar-refractivity contribution in [3.63, 3.8) is 0 Å². The number of rotatable bonds is 3. The third-order valence-corrected chi connectivity index (χ3v) is 3.91. The van der Waals surface area contributed by atoms with E-state index in [0.29, 0.717) is 10.6 Å². The third kappa shape index (κ3) is 2.59.